The van der Waals surface area contributed by atoms with Crippen LogP contribution in [0.1, 0.15) is 54.6 Å². The van der Waals surface area contributed by atoms with Gasteiger partial charge in [-0.05, 0) is 30.0 Å². The van der Waals surface area contributed by atoms with Gasteiger partial charge in [0.2, 0.25) is 5.88 Å². The van der Waals surface area contributed by atoms with Crippen molar-refractivity contribution in [2.24, 2.45) is 5.92 Å². The van der Waals surface area contributed by atoms with Gasteiger partial charge in [0.15, 0.2) is 11.9 Å². The molecule has 32 heavy (non-hydrogen) atoms. The van der Waals surface area contributed by atoms with Gasteiger partial charge in [0.1, 0.15) is 23.2 Å². The molecule has 8 heteroatoms. The molecule has 2 atom stereocenters. The van der Waals surface area contributed by atoms with E-state index < -0.39 is 11.9 Å². The maximum atomic E-state index is 14.4. The van der Waals surface area contributed by atoms with E-state index in [2.05, 4.69) is 11.9 Å². The summed E-state index contributed by atoms with van der Waals surface area (Å²) in [4.78, 5) is 30.6. The summed E-state index contributed by atoms with van der Waals surface area (Å²) in [5.74, 6) is -0.0424. The summed E-state index contributed by atoms with van der Waals surface area (Å²) >= 11 is 0. The third kappa shape index (κ3) is 4.15. The zero-order valence-electron chi connectivity index (χ0n) is 18.1. The third-order valence-corrected chi connectivity index (χ3v) is 5.98. The highest BCUT2D eigenvalue weighted by Gasteiger charge is 2.36. The minimum Gasteiger partial charge on any atom is -0.479 e. The number of aromatic nitrogens is 1. The maximum absolute atomic E-state index is 14.4. The van der Waals surface area contributed by atoms with Gasteiger partial charge in [-0.15, -0.1) is 0 Å². The van der Waals surface area contributed by atoms with Crippen molar-refractivity contribution in [2.45, 2.75) is 45.6 Å². The quantitative estimate of drug-likeness (QED) is 0.654. The van der Waals surface area contributed by atoms with Crippen LogP contribution in [0.3, 0.4) is 0 Å². The van der Waals surface area contributed by atoms with Crippen molar-refractivity contribution in [3.8, 4) is 17.7 Å². The van der Waals surface area contributed by atoms with Gasteiger partial charge in [0, 0.05) is 36.7 Å². The normalized spacial score (nSPS) is 18.4. The number of hydrogen-bond donors (Lipinski definition) is 0. The lowest BCUT2D eigenvalue weighted by Crippen LogP contribution is -2.32. The average Bonchev–Trinajstić information content (AvgIpc) is 3.35. The maximum Gasteiger partial charge on any atom is 0.268 e. The summed E-state index contributed by atoms with van der Waals surface area (Å²) < 4.78 is 25.9. The highest BCUT2D eigenvalue weighted by molar-refractivity contribution is 6.04. The Bertz CT molecular complexity index is 1110. The molecule has 2 unspecified atom stereocenters. The lowest BCUT2D eigenvalue weighted by Gasteiger charge is -2.19. The molecule has 1 saturated heterocycles. The molecule has 2 heterocycles. The van der Waals surface area contributed by atoms with Crippen molar-refractivity contribution in [2.75, 3.05) is 18.1 Å². The summed E-state index contributed by atoms with van der Waals surface area (Å²) in [6.07, 6.45) is 2.66. The molecule has 4 rings (SSSR count). The molecule has 2 aliphatic rings. The Labute approximate surface area is 185 Å². The van der Waals surface area contributed by atoms with Crippen molar-refractivity contribution in [3.63, 3.8) is 0 Å². The SMILES string of the molecule is CCC(C)COc1ncc(OC2CCN(c3cc(F)c4c(c3)C(=O)CC4)C2=O)cc1C#N. The summed E-state index contributed by atoms with van der Waals surface area (Å²) in [6, 6.07) is 6.44. The molecule has 0 spiro atoms. The molecule has 1 amide bonds. The molecular formula is C24H24FN3O4. The van der Waals surface area contributed by atoms with Crippen LogP contribution in [0.25, 0.3) is 0 Å². The van der Waals surface area contributed by atoms with Crippen LogP contribution in [-0.2, 0) is 11.2 Å². The first-order valence-electron chi connectivity index (χ1n) is 10.8. The predicted octanol–water partition coefficient (Wildman–Crippen LogP) is 3.83. The van der Waals surface area contributed by atoms with E-state index in [9.17, 15) is 19.2 Å². The van der Waals surface area contributed by atoms with Gasteiger partial charge in [0.25, 0.3) is 5.91 Å². The Balaban J connectivity index is 1.47. The molecular weight excluding hydrogens is 413 g/mol. The number of nitriles is 1. The van der Waals surface area contributed by atoms with E-state index in [1.165, 1.54) is 23.2 Å². The Morgan fingerprint density at radius 3 is 2.88 bits per heavy atom. The fraction of sp³-hybridized carbons (Fsp3) is 0.417. The van der Waals surface area contributed by atoms with E-state index in [1.54, 1.807) is 6.07 Å². The number of pyridine rings is 1. The molecule has 1 fully saturated rings. The predicted molar refractivity (Wildman–Crippen MR) is 114 cm³/mol. The van der Waals surface area contributed by atoms with Crippen LogP contribution in [-0.4, -0.2) is 35.9 Å². The van der Waals surface area contributed by atoms with Gasteiger partial charge >= 0.3 is 0 Å². The van der Waals surface area contributed by atoms with Crippen LogP contribution in [0.5, 0.6) is 11.6 Å². The zero-order chi connectivity index (χ0) is 22.8. The number of benzene rings is 1. The van der Waals surface area contributed by atoms with E-state index in [4.69, 9.17) is 9.47 Å². The average molecular weight is 437 g/mol. The number of rotatable bonds is 7. The highest BCUT2D eigenvalue weighted by atomic mass is 19.1. The van der Waals surface area contributed by atoms with Gasteiger partial charge in [-0.1, -0.05) is 20.3 Å². The molecule has 2 aromatic rings. The Kier molecular flexibility index (Phi) is 6.08. The number of fused-ring (bicyclic) bond motifs is 1. The van der Waals surface area contributed by atoms with Gasteiger partial charge in [-0.3, -0.25) is 9.59 Å². The topological polar surface area (TPSA) is 92.5 Å². The Morgan fingerprint density at radius 1 is 1.31 bits per heavy atom. The number of carbonyl (C=O) groups excluding carboxylic acids is 2. The van der Waals surface area contributed by atoms with Crippen LogP contribution in [0.2, 0.25) is 0 Å². The summed E-state index contributed by atoms with van der Waals surface area (Å²) in [7, 11) is 0. The second-order valence-corrected chi connectivity index (χ2v) is 8.22. The zero-order valence-corrected chi connectivity index (χ0v) is 18.1. The number of ketones is 1. The van der Waals surface area contributed by atoms with E-state index in [1.807, 2.05) is 13.0 Å². The molecule has 0 N–H and O–H groups in total. The van der Waals surface area contributed by atoms with E-state index in [-0.39, 0.29) is 28.9 Å². The fourth-order valence-corrected chi connectivity index (χ4v) is 3.87. The standard InChI is InChI=1S/C24H24FN3O4/c1-3-14(2)13-31-23-15(11-26)8-17(12-27-23)32-22-6-7-28(24(22)30)16-9-19-18(20(25)10-16)4-5-21(19)29/h8-10,12,14,22H,3-7,13H2,1-2H3. The van der Waals surface area contributed by atoms with Crippen LogP contribution in [0.15, 0.2) is 24.4 Å². The van der Waals surface area contributed by atoms with Gasteiger partial charge in [-0.25, -0.2) is 9.37 Å². The molecule has 166 valence electrons. The first-order chi connectivity index (χ1) is 15.4. The lowest BCUT2D eigenvalue weighted by atomic mass is 10.1. The first kappa shape index (κ1) is 21.8. The number of ether oxygens (including phenoxy) is 2. The van der Waals surface area contributed by atoms with Crippen molar-refractivity contribution >= 4 is 17.4 Å². The number of carbonyl (C=O) groups is 2. The van der Waals surface area contributed by atoms with Gasteiger partial charge in [-0.2, -0.15) is 5.26 Å². The Morgan fingerprint density at radius 2 is 2.12 bits per heavy atom. The van der Waals surface area contributed by atoms with Crippen LogP contribution < -0.4 is 14.4 Å². The van der Waals surface area contributed by atoms with Crippen molar-refractivity contribution in [1.29, 1.82) is 5.26 Å². The van der Waals surface area contributed by atoms with Gasteiger partial charge in [0.05, 0.1) is 12.8 Å². The van der Waals surface area contributed by atoms with Crippen LogP contribution in [0, 0.1) is 23.1 Å². The summed E-state index contributed by atoms with van der Waals surface area (Å²) in [6.45, 7) is 4.89. The second-order valence-electron chi connectivity index (χ2n) is 8.22. The number of Topliss-reactive ketones (excluding diaryl/α,β-unsaturated/α-hetero) is 1. The number of halogens is 1. The Hall–Kier alpha value is -3.47. The van der Waals surface area contributed by atoms with Crippen LogP contribution in [0.4, 0.5) is 10.1 Å². The van der Waals surface area contributed by atoms with Gasteiger partial charge < -0.3 is 14.4 Å². The smallest absolute Gasteiger partial charge is 0.268 e. The molecule has 1 aliphatic heterocycles. The minimum absolute atomic E-state index is 0.106. The van der Waals surface area contributed by atoms with E-state index >= 15 is 0 Å². The number of anilines is 1. The number of amides is 1. The number of nitrogens with zero attached hydrogens (tertiary/aromatic N) is 3. The van der Waals surface area contributed by atoms with Crippen LogP contribution >= 0.6 is 0 Å². The second kappa shape index (κ2) is 8.95. The van der Waals surface area contributed by atoms with Crippen molar-refractivity contribution in [3.05, 3.63) is 46.9 Å². The minimum atomic E-state index is -0.790. The molecule has 0 radical (unpaired) electrons. The van der Waals surface area contributed by atoms with Crippen molar-refractivity contribution in [1.82, 2.24) is 4.98 Å². The van der Waals surface area contributed by atoms with E-state index in [0.29, 0.717) is 55.1 Å². The molecule has 1 aromatic heterocycles. The molecule has 1 aliphatic carbocycles. The molecule has 0 saturated carbocycles. The lowest BCUT2D eigenvalue weighted by molar-refractivity contribution is -0.122. The monoisotopic (exact) mass is 437 g/mol. The molecule has 0 bridgehead atoms. The fourth-order valence-electron chi connectivity index (χ4n) is 3.87. The van der Waals surface area contributed by atoms with Crippen molar-refractivity contribution < 1.29 is 23.5 Å². The number of hydrogen-bond acceptors (Lipinski definition) is 6. The molecule has 1 aromatic carbocycles. The highest BCUT2D eigenvalue weighted by Crippen LogP contribution is 2.32. The summed E-state index contributed by atoms with van der Waals surface area (Å²) in [5.41, 5.74) is 1.36. The summed E-state index contributed by atoms with van der Waals surface area (Å²) in [5, 5.41) is 9.43. The van der Waals surface area contributed by atoms with E-state index in [0.717, 1.165) is 6.42 Å². The molecule has 7 nitrogen and oxygen atoms in total. The third-order valence-electron chi connectivity index (χ3n) is 5.98. The first-order valence-corrected chi connectivity index (χ1v) is 10.8. The largest absolute Gasteiger partial charge is 0.479 e.